The monoisotopic (exact) mass is 578 g/mol. The number of hydrogen-bond donors (Lipinski definition) is 1. The maximum Gasteiger partial charge on any atom is 0.212 e. The van der Waals surface area contributed by atoms with Gasteiger partial charge in [-0.3, -0.25) is 9.80 Å². The third-order valence-electron chi connectivity index (χ3n) is 10.3. The molecule has 3 aromatic carbocycles. The highest BCUT2D eigenvalue weighted by molar-refractivity contribution is 5.67. The Morgan fingerprint density at radius 3 is 2.35 bits per heavy atom. The van der Waals surface area contributed by atoms with Gasteiger partial charge in [-0.1, -0.05) is 23.8 Å². The van der Waals surface area contributed by atoms with Crippen LogP contribution in [0.25, 0.3) is 0 Å². The lowest BCUT2D eigenvalue weighted by Gasteiger charge is -2.39. The smallest absolute Gasteiger partial charge is 0.212 e. The van der Waals surface area contributed by atoms with E-state index in [2.05, 4.69) is 66.4 Å². The molecule has 8 rings (SSSR count). The molecule has 0 radical (unpaired) electrons. The van der Waals surface area contributed by atoms with Gasteiger partial charge in [0.2, 0.25) is 5.75 Å². The Labute approximate surface area is 252 Å². The molecule has 0 spiro atoms. The molecule has 0 aromatic heterocycles. The summed E-state index contributed by atoms with van der Waals surface area (Å²) in [6.07, 6.45) is 8.58. The van der Waals surface area contributed by atoms with E-state index >= 15 is 0 Å². The predicted octanol–water partition coefficient (Wildman–Crippen LogP) is 6.95. The molecular weight excluding hydrogens is 540 g/mol. The summed E-state index contributed by atoms with van der Waals surface area (Å²) >= 11 is 0. The van der Waals surface area contributed by atoms with Crippen molar-refractivity contribution in [1.82, 2.24) is 9.80 Å². The zero-order chi connectivity index (χ0) is 29.4. The second-order valence-corrected chi connectivity index (χ2v) is 12.7. The number of likely N-dealkylation sites (N-methyl/N-ethyl adjacent to an activating group) is 2. The van der Waals surface area contributed by atoms with E-state index in [0.29, 0.717) is 17.2 Å². The van der Waals surface area contributed by atoms with Crippen molar-refractivity contribution < 1.29 is 24.1 Å². The van der Waals surface area contributed by atoms with Crippen molar-refractivity contribution in [2.75, 3.05) is 41.4 Å². The quantitative estimate of drug-likeness (QED) is 0.276. The maximum atomic E-state index is 11.2. The lowest BCUT2D eigenvalue weighted by atomic mass is 9.80. The van der Waals surface area contributed by atoms with Crippen LogP contribution in [-0.4, -0.2) is 56.3 Å². The summed E-state index contributed by atoms with van der Waals surface area (Å²) in [7, 11) is 7.83. The van der Waals surface area contributed by atoms with Gasteiger partial charge in [-0.2, -0.15) is 0 Å². The highest BCUT2D eigenvalue weighted by Gasteiger charge is 2.38. The fourth-order valence-electron chi connectivity index (χ4n) is 7.87. The standard InChI is InChI=1S/C36H38N2O5/c1-37-11-9-22-17-31-32-19-24(22)27(37)15-20-5-7-29(39)25(13-20)26-14-21(6-8-30(26)40-3)16-28-34-23(10-12-38(28)2)18-33(41-4)35(42-31)36(34)43-32/h5-8,13,17-19,26-28,39H,9-12,14-16H2,1-4H3. The molecule has 3 atom stereocenters. The van der Waals surface area contributed by atoms with Crippen molar-refractivity contribution in [1.29, 1.82) is 0 Å². The van der Waals surface area contributed by atoms with Crippen LogP contribution >= 0.6 is 0 Å². The zero-order valence-corrected chi connectivity index (χ0v) is 25.3. The first-order chi connectivity index (χ1) is 20.9. The molecule has 43 heavy (non-hydrogen) atoms. The van der Waals surface area contributed by atoms with Gasteiger partial charge < -0.3 is 24.1 Å². The van der Waals surface area contributed by atoms with E-state index in [1.165, 1.54) is 33.4 Å². The summed E-state index contributed by atoms with van der Waals surface area (Å²) in [6, 6.07) is 12.9. The molecule has 7 heteroatoms. The Kier molecular flexibility index (Phi) is 6.24. The number of phenols is 1. The third-order valence-corrected chi connectivity index (χ3v) is 10.3. The normalized spacial score (nSPS) is 24.0. The number of hydrogen-bond acceptors (Lipinski definition) is 7. The highest BCUT2D eigenvalue weighted by Crippen LogP contribution is 2.57. The largest absolute Gasteiger partial charge is 0.508 e. The van der Waals surface area contributed by atoms with Crippen molar-refractivity contribution in [2.45, 2.75) is 50.1 Å². The Morgan fingerprint density at radius 2 is 1.53 bits per heavy atom. The Balaban J connectivity index is 1.36. The van der Waals surface area contributed by atoms with Gasteiger partial charge in [0.1, 0.15) is 11.5 Å². The maximum absolute atomic E-state index is 11.2. The van der Waals surface area contributed by atoms with E-state index in [4.69, 9.17) is 18.9 Å². The van der Waals surface area contributed by atoms with Crippen LogP contribution in [0, 0.1) is 0 Å². The Hall–Kier alpha value is -3.94. The SMILES string of the molecule is COC1=CC=C2CC1c1cc(ccc1O)CC1c3cc4c(cc3CCN1C)Oc1c(OC)cc3c(c1O4)C(C2)N(C)CC3. The molecule has 1 aliphatic carbocycles. The van der Waals surface area contributed by atoms with Crippen LogP contribution in [0.5, 0.6) is 34.5 Å². The molecule has 0 fully saturated rings. The second kappa shape index (κ2) is 10.1. The molecule has 0 saturated carbocycles. The molecule has 7 bridgehead atoms. The van der Waals surface area contributed by atoms with Gasteiger partial charge in [-0.25, -0.2) is 0 Å². The van der Waals surface area contributed by atoms with E-state index in [1.54, 1.807) is 14.2 Å². The first-order valence-electron chi connectivity index (χ1n) is 15.3. The van der Waals surface area contributed by atoms with Crippen LogP contribution in [0.15, 0.2) is 59.9 Å². The summed E-state index contributed by atoms with van der Waals surface area (Å²) < 4.78 is 25.4. The molecule has 4 heterocycles. The molecule has 3 unspecified atom stereocenters. The number of allylic oxidation sites excluding steroid dienone is 3. The van der Waals surface area contributed by atoms with Crippen molar-refractivity contribution in [3.8, 4) is 34.5 Å². The number of phenolic OH excluding ortho intramolecular Hbond substituents is 1. The number of rotatable bonds is 2. The molecule has 4 aliphatic heterocycles. The van der Waals surface area contributed by atoms with Gasteiger partial charge in [0, 0.05) is 42.2 Å². The van der Waals surface area contributed by atoms with Crippen LogP contribution in [0.3, 0.4) is 0 Å². The number of methoxy groups -OCH3 is 2. The summed E-state index contributed by atoms with van der Waals surface area (Å²) in [5.74, 6) is 4.81. The van der Waals surface area contributed by atoms with Crippen LogP contribution in [0.1, 0.15) is 64.2 Å². The van der Waals surface area contributed by atoms with E-state index in [1.807, 2.05) is 6.07 Å². The molecule has 3 aromatic rings. The van der Waals surface area contributed by atoms with Crippen molar-refractivity contribution in [3.05, 3.63) is 93.3 Å². The van der Waals surface area contributed by atoms with Gasteiger partial charge in [0.25, 0.3) is 0 Å². The first kappa shape index (κ1) is 26.7. The summed E-state index contributed by atoms with van der Waals surface area (Å²) in [4.78, 5) is 4.86. The third kappa shape index (κ3) is 4.24. The average Bonchev–Trinajstić information content (AvgIpc) is 3.02. The van der Waals surface area contributed by atoms with Crippen LogP contribution in [0.4, 0.5) is 0 Å². The average molecular weight is 579 g/mol. The van der Waals surface area contributed by atoms with Crippen molar-refractivity contribution in [2.24, 2.45) is 0 Å². The second-order valence-electron chi connectivity index (χ2n) is 12.7. The first-order valence-corrected chi connectivity index (χ1v) is 15.3. The topological polar surface area (TPSA) is 63.6 Å². The Bertz CT molecular complexity index is 1710. The Morgan fingerprint density at radius 1 is 0.767 bits per heavy atom. The van der Waals surface area contributed by atoms with Gasteiger partial charge in [0.05, 0.1) is 14.2 Å². The molecule has 7 nitrogen and oxygen atoms in total. The minimum absolute atomic E-state index is 0.0545. The number of fused-ring (bicyclic) bond motifs is 5. The van der Waals surface area contributed by atoms with Gasteiger partial charge in [-0.05, 0) is 98.8 Å². The lowest BCUT2D eigenvalue weighted by Crippen LogP contribution is -2.34. The fourth-order valence-corrected chi connectivity index (χ4v) is 7.87. The molecular formula is C36H38N2O5. The molecule has 222 valence electrons. The van der Waals surface area contributed by atoms with Crippen molar-refractivity contribution in [3.63, 3.8) is 0 Å². The minimum Gasteiger partial charge on any atom is -0.508 e. The van der Waals surface area contributed by atoms with Gasteiger partial charge in [0.15, 0.2) is 23.0 Å². The van der Waals surface area contributed by atoms with Gasteiger partial charge >= 0.3 is 0 Å². The lowest BCUT2D eigenvalue weighted by molar-refractivity contribution is 0.214. The summed E-state index contributed by atoms with van der Waals surface area (Å²) in [5.41, 5.74) is 8.42. The van der Waals surface area contributed by atoms with Gasteiger partial charge in [-0.15, -0.1) is 0 Å². The van der Waals surface area contributed by atoms with E-state index in [9.17, 15) is 5.11 Å². The molecule has 0 saturated heterocycles. The molecule has 1 N–H and O–H groups in total. The number of aromatic hydroxyl groups is 1. The number of benzene rings is 3. The van der Waals surface area contributed by atoms with E-state index in [-0.39, 0.29) is 18.0 Å². The number of nitrogens with zero attached hydrogens (tertiary/aromatic N) is 2. The van der Waals surface area contributed by atoms with E-state index < -0.39 is 0 Å². The zero-order valence-electron chi connectivity index (χ0n) is 25.3. The van der Waals surface area contributed by atoms with E-state index in [0.717, 1.165) is 73.8 Å². The molecule has 0 amide bonds. The molecule has 5 aliphatic rings. The van der Waals surface area contributed by atoms with Crippen LogP contribution < -0.4 is 14.2 Å². The highest BCUT2D eigenvalue weighted by atomic mass is 16.6. The van der Waals surface area contributed by atoms with Crippen LogP contribution in [-0.2, 0) is 24.0 Å². The minimum atomic E-state index is -0.0545. The summed E-state index contributed by atoms with van der Waals surface area (Å²) in [6.45, 7) is 1.90. The number of ether oxygens (including phenoxy) is 4. The fraction of sp³-hybridized carbons (Fsp3) is 0.389. The predicted molar refractivity (Wildman–Crippen MR) is 165 cm³/mol. The van der Waals surface area contributed by atoms with Crippen LogP contribution in [0.2, 0.25) is 0 Å². The van der Waals surface area contributed by atoms with Crippen molar-refractivity contribution >= 4 is 0 Å². The summed E-state index contributed by atoms with van der Waals surface area (Å²) in [5, 5.41) is 11.2.